The minimum atomic E-state index is 0.291. The first-order valence-corrected chi connectivity index (χ1v) is 8.19. The molecule has 2 nitrogen and oxygen atoms in total. The summed E-state index contributed by atoms with van der Waals surface area (Å²) < 4.78 is 0. The molecule has 0 spiro atoms. The zero-order chi connectivity index (χ0) is 14.5. The first kappa shape index (κ1) is 15.2. The molecule has 0 aliphatic carbocycles. The molecule has 20 heavy (non-hydrogen) atoms. The Labute approximate surface area is 126 Å². The molecule has 0 saturated carbocycles. The molecular weight excluding hydrogens is 264 g/mol. The molecule has 1 aromatic carbocycles. The minimum absolute atomic E-state index is 0.291. The van der Waals surface area contributed by atoms with E-state index in [9.17, 15) is 0 Å². The van der Waals surface area contributed by atoms with Crippen molar-refractivity contribution in [3.05, 3.63) is 51.5 Å². The van der Waals surface area contributed by atoms with Crippen LogP contribution in [-0.2, 0) is 6.42 Å². The van der Waals surface area contributed by atoms with Crippen LogP contribution in [0, 0.1) is 6.92 Å². The highest BCUT2D eigenvalue weighted by Crippen LogP contribution is 2.23. The average Bonchev–Trinajstić information content (AvgIpc) is 2.86. The molecule has 2 aromatic rings. The zero-order valence-corrected chi connectivity index (χ0v) is 13.6. The number of hydrogen-bond donors (Lipinski definition) is 1. The molecule has 2 unspecified atom stereocenters. The van der Waals surface area contributed by atoms with Gasteiger partial charge in [-0.3, -0.25) is 0 Å². The first-order valence-electron chi connectivity index (χ1n) is 7.37. The van der Waals surface area contributed by atoms with E-state index < -0.39 is 0 Å². The van der Waals surface area contributed by atoms with E-state index in [1.165, 1.54) is 22.4 Å². The lowest BCUT2D eigenvalue weighted by atomic mass is 10.0. The van der Waals surface area contributed by atoms with Crippen LogP contribution in [0.2, 0.25) is 0 Å². The third-order valence-corrected chi connectivity index (χ3v) is 4.62. The van der Waals surface area contributed by atoms with Crippen LogP contribution in [0.5, 0.6) is 0 Å². The van der Waals surface area contributed by atoms with Crippen molar-refractivity contribution >= 4 is 11.3 Å². The average molecular weight is 288 g/mol. The highest BCUT2D eigenvalue weighted by Gasteiger charge is 2.13. The van der Waals surface area contributed by atoms with Gasteiger partial charge in [0.1, 0.15) is 5.01 Å². The van der Waals surface area contributed by atoms with Crippen molar-refractivity contribution in [2.24, 2.45) is 0 Å². The van der Waals surface area contributed by atoms with Gasteiger partial charge in [-0.05, 0) is 38.3 Å². The fourth-order valence-electron chi connectivity index (χ4n) is 2.38. The maximum Gasteiger partial charge on any atom is 0.109 e. The predicted octanol–water partition coefficient (Wildman–Crippen LogP) is 4.82. The smallest absolute Gasteiger partial charge is 0.109 e. The number of aryl methyl sites for hydroxylation is 2. The monoisotopic (exact) mass is 288 g/mol. The predicted molar refractivity (Wildman–Crippen MR) is 87.3 cm³/mol. The number of benzene rings is 1. The molecule has 1 N–H and O–H groups in total. The molecule has 108 valence electrons. The van der Waals surface area contributed by atoms with E-state index in [-0.39, 0.29) is 0 Å². The number of aromatic nitrogens is 1. The molecule has 3 heteroatoms. The quantitative estimate of drug-likeness (QED) is 0.824. The Morgan fingerprint density at radius 1 is 1.15 bits per heavy atom. The molecule has 2 atom stereocenters. The van der Waals surface area contributed by atoms with Crippen LogP contribution >= 0.6 is 11.3 Å². The Morgan fingerprint density at radius 3 is 2.40 bits per heavy atom. The topological polar surface area (TPSA) is 24.9 Å². The van der Waals surface area contributed by atoms with E-state index in [2.05, 4.69) is 62.3 Å². The molecule has 0 aliphatic rings. The van der Waals surface area contributed by atoms with E-state index in [1.807, 2.05) is 6.20 Å². The molecule has 1 aromatic heterocycles. The van der Waals surface area contributed by atoms with Gasteiger partial charge in [-0.1, -0.05) is 37.6 Å². The van der Waals surface area contributed by atoms with Gasteiger partial charge in [0.2, 0.25) is 0 Å². The first-order chi connectivity index (χ1) is 9.60. The number of nitrogens with zero attached hydrogens (tertiary/aromatic N) is 1. The van der Waals surface area contributed by atoms with E-state index >= 15 is 0 Å². The molecule has 0 aliphatic heterocycles. The third kappa shape index (κ3) is 3.90. The highest BCUT2D eigenvalue weighted by atomic mass is 32.1. The number of hydrogen-bond acceptors (Lipinski definition) is 3. The van der Waals surface area contributed by atoms with Crippen molar-refractivity contribution in [2.45, 2.75) is 52.6 Å². The lowest BCUT2D eigenvalue weighted by molar-refractivity contribution is 0.493. The summed E-state index contributed by atoms with van der Waals surface area (Å²) in [7, 11) is 0. The summed E-state index contributed by atoms with van der Waals surface area (Å²) in [6.07, 6.45) is 4.31. The van der Waals surface area contributed by atoms with Crippen LogP contribution in [0.25, 0.3) is 0 Å². The van der Waals surface area contributed by atoms with Crippen molar-refractivity contribution in [2.75, 3.05) is 0 Å². The lowest BCUT2D eigenvalue weighted by Crippen LogP contribution is -2.22. The van der Waals surface area contributed by atoms with E-state index in [0.29, 0.717) is 12.1 Å². The molecule has 1 heterocycles. The van der Waals surface area contributed by atoms with Gasteiger partial charge in [-0.15, -0.1) is 11.3 Å². The van der Waals surface area contributed by atoms with Crippen molar-refractivity contribution in [3.8, 4) is 0 Å². The van der Waals surface area contributed by atoms with E-state index in [4.69, 9.17) is 0 Å². The maximum absolute atomic E-state index is 4.46. The Balaban J connectivity index is 1.98. The highest BCUT2D eigenvalue weighted by molar-refractivity contribution is 7.11. The standard InChI is InChI=1S/C17H24N2S/c1-5-6-15-7-9-16(10-8-15)13(3)19-14(4)17-18-11-12(2)20-17/h7-11,13-14,19H,5-6H2,1-4H3. The Bertz CT molecular complexity index is 530. The zero-order valence-electron chi connectivity index (χ0n) is 12.8. The summed E-state index contributed by atoms with van der Waals surface area (Å²) in [6, 6.07) is 9.60. The van der Waals surface area contributed by atoms with Gasteiger partial charge in [0.05, 0.1) is 6.04 Å². The molecule has 2 rings (SSSR count). The second-order valence-corrected chi connectivity index (χ2v) is 6.68. The Kier molecular flexibility index (Phi) is 5.32. The normalized spacial score (nSPS) is 14.2. The fourth-order valence-corrected chi connectivity index (χ4v) is 3.16. The summed E-state index contributed by atoms with van der Waals surface area (Å²) in [5.74, 6) is 0. The SMILES string of the molecule is CCCc1ccc(C(C)NC(C)c2ncc(C)s2)cc1. The molecule has 0 radical (unpaired) electrons. The van der Waals surface area contributed by atoms with Crippen molar-refractivity contribution in [3.63, 3.8) is 0 Å². The molecule has 0 bridgehead atoms. The lowest BCUT2D eigenvalue weighted by Gasteiger charge is -2.19. The fraction of sp³-hybridized carbons (Fsp3) is 0.471. The summed E-state index contributed by atoms with van der Waals surface area (Å²) in [4.78, 5) is 5.73. The van der Waals surface area contributed by atoms with Crippen LogP contribution in [0.4, 0.5) is 0 Å². The number of nitrogens with one attached hydrogen (secondary N) is 1. The van der Waals surface area contributed by atoms with Crippen LogP contribution in [0.15, 0.2) is 30.5 Å². The van der Waals surface area contributed by atoms with Crippen molar-refractivity contribution in [1.29, 1.82) is 0 Å². The summed E-state index contributed by atoms with van der Waals surface area (Å²) in [5, 5.41) is 4.79. The third-order valence-electron chi connectivity index (χ3n) is 3.53. The second kappa shape index (κ2) is 7.00. The van der Waals surface area contributed by atoms with Crippen molar-refractivity contribution < 1.29 is 0 Å². The second-order valence-electron chi connectivity index (χ2n) is 5.41. The van der Waals surface area contributed by atoms with E-state index in [1.54, 1.807) is 11.3 Å². The van der Waals surface area contributed by atoms with E-state index in [0.717, 1.165) is 11.4 Å². The van der Waals surface area contributed by atoms with Gasteiger partial charge in [0, 0.05) is 17.1 Å². The molecule has 0 amide bonds. The molecular formula is C17H24N2S. The maximum atomic E-state index is 4.46. The van der Waals surface area contributed by atoms with Gasteiger partial charge in [-0.25, -0.2) is 4.98 Å². The molecule has 0 fully saturated rings. The number of rotatable bonds is 6. The van der Waals surface area contributed by atoms with Crippen LogP contribution < -0.4 is 5.32 Å². The summed E-state index contributed by atoms with van der Waals surface area (Å²) >= 11 is 1.77. The Morgan fingerprint density at radius 2 is 1.85 bits per heavy atom. The summed E-state index contributed by atoms with van der Waals surface area (Å²) in [6.45, 7) is 8.71. The van der Waals surface area contributed by atoms with Crippen molar-refractivity contribution in [1.82, 2.24) is 10.3 Å². The molecule has 0 saturated heterocycles. The number of thiazole rings is 1. The van der Waals surface area contributed by atoms with Gasteiger partial charge >= 0.3 is 0 Å². The van der Waals surface area contributed by atoms with Crippen LogP contribution in [0.3, 0.4) is 0 Å². The largest absolute Gasteiger partial charge is 0.302 e. The van der Waals surface area contributed by atoms with Crippen LogP contribution in [-0.4, -0.2) is 4.98 Å². The summed E-state index contributed by atoms with van der Waals surface area (Å²) in [5.41, 5.74) is 2.76. The van der Waals surface area contributed by atoms with Gasteiger partial charge < -0.3 is 5.32 Å². The van der Waals surface area contributed by atoms with Crippen LogP contribution in [0.1, 0.15) is 60.3 Å². The Hall–Kier alpha value is -1.19. The minimum Gasteiger partial charge on any atom is -0.302 e. The van der Waals surface area contributed by atoms with Gasteiger partial charge in [0.25, 0.3) is 0 Å². The van der Waals surface area contributed by atoms with Gasteiger partial charge in [-0.2, -0.15) is 0 Å². The van der Waals surface area contributed by atoms with Gasteiger partial charge in [0.15, 0.2) is 0 Å².